The number of rotatable bonds is 10. The van der Waals surface area contributed by atoms with Gasteiger partial charge in [-0.2, -0.15) is 0 Å². The molecule has 0 aliphatic heterocycles. The Morgan fingerprint density at radius 1 is 1.00 bits per heavy atom. The van der Waals surface area contributed by atoms with Crippen molar-refractivity contribution in [2.45, 2.75) is 62.2 Å². The first-order valence-electron chi connectivity index (χ1n) is 12.6. The number of fused-ring (bicyclic) bond motifs is 1. The van der Waals surface area contributed by atoms with Crippen LogP contribution in [0.25, 0.3) is 11.0 Å². The lowest BCUT2D eigenvalue weighted by Gasteiger charge is -2.41. The zero-order valence-electron chi connectivity index (χ0n) is 21.0. The number of hydrogen-bond donors (Lipinski definition) is 5. The minimum absolute atomic E-state index is 0.00933. The van der Waals surface area contributed by atoms with Gasteiger partial charge < -0.3 is 15.5 Å². The van der Waals surface area contributed by atoms with E-state index in [0.29, 0.717) is 11.0 Å². The standard InChI is InChI=1S/C27H30F2N4O6/c28-27(29)12-10-26(37,11-13-27)18(24(35)33-39-38)15-23(34)21(14-17-6-2-1-3-7-17)32-25(36)22-16-30-19-8-4-5-9-20(19)31-22/h1-9,16,18,21,23,34,37-38H,10-15H2,(H,32,36)(H,33,35)/t18-,21+,23+/m1/s1. The summed E-state index contributed by atoms with van der Waals surface area (Å²) in [5.41, 5.74) is 1.70. The lowest BCUT2D eigenvalue weighted by atomic mass is 9.71. The number of halogens is 2. The quantitative estimate of drug-likeness (QED) is 0.193. The minimum Gasteiger partial charge on any atom is -0.391 e. The van der Waals surface area contributed by atoms with Gasteiger partial charge in [0.1, 0.15) is 5.69 Å². The zero-order chi connectivity index (χ0) is 28.0. The first-order valence-corrected chi connectivity index (χ1v) is 12.6. The predicted molar refractivity (Wildman–Crippen MR) is 135 cm³/mol. The number of para-hydroxylation sites is 2. The van der Waals surface area contributed by atoms with Crippen LogP contribution in [0, 0.1) is 5.92 Å². The third-order valence-electron chi connectivity index (χ3n) is 7.20. The van der Waals surface area contributed by atoms with E-state index in [-0.39, 0.29) is 12.1 Å². The van der Waals surface area contributed by atoms with Gasteiger partial charge in [0.05, 0.1) is 40.9 Å². The molecule has 1 heterocycles. The van der Waals surface area contributed by atoms with Crippen molar-refractivity contribution < 1.29 is 38.8 Å². The average Bonchev–Trinajstić information content (AvgIpc) is 2.93. The van der Waals surface area contributed by atoms with Crippen molar-refractivity contribution in [3.05, 3.63) is 72.1 Å². The molecule has 2 amide bonds. The molecule has 5 N–H and O–H groups in total. The van der Waals surface area contributed by atoms with Crippen LogP contribution >= 0.6 is 0 Å². The molecule has 10 nitrogen and oxygen atoms in total. The molecule has 39 heavy (non-hydrogen) atoms. The molecule has 1 aromatic heterocycles. The van der Waals surface area contributed by atoms with Crippen molar-refractivity contribution in [3.8, 4) is 0 Å². The number of aliphatic hydroxyl groups is 2. The van der Waals surface area contributed by atoms with E-state index in [9.17, 15) is 28.6 Å². The van der Waals surface area contributed by atoms with E-state index in [1.54, 1.807) is 54.0 Å². The molecule has 3 aromatic rings. The molecule has 1 fully saturated rings. The molecule has 0 radical (unpaired) electrons. The number of alkyl halides is 2. The fourth-order valence-electron chi connectivity index (χ4n) is 4.95. The number of benzene rings is 2. The van der Waals surface area contributed by atoms with Crippen LogP contribution in [-0.4, -0.2) is 60.9 Å². The normalized spacial score (nSPS) is 18.6. The van der Waals surface area contributed by atoms with Crippen molar-refractivity contribution >= 4 is 22.8 Å². The summed E-state index contributed by atoms with van der Waals surface area (Å²) in [6.45, 7) is 0. The summed E-state index contributed by atoms with van der Waals surface area (Å²) in [5.74, 6) is -6.02. The summed E-state index contributed by atoms with van der Waals surface area (Å²) in [6.07, 6.45) is -2.47. The van der Waals surface area contributed by atoms with Crippen LogP contribution in [0.1, 0.15) is 48.2 Å². The highest BCUT2D eigenvalue weighted by Gasteiger charge is 2.50. The van der Waals surface area contributed by atoms with Gasteiger partial charge in [0.25, 0.3) is 11.8 Å². The van der Waals surface area contributed by atoms with Gasteiger partial charge in [-0.25, -0.2) is 24.5 Å². The molecule has 0 saturated heterocycles. The second kappa shape index (κ2) is 12.1. The minimum atomic E-state index is -2.98. The SMILES string of the molecule is O=C(N[C@@H](Cc1ccccc1)[C@@H](O)C[C@H](C(=O)NOO)C1(O)CCC(F)(F)CC1)c1cnc2ccccc2n1. The van der Waals surface area contributed by atoms with Gasteiger partial charge in [0.2, 0.25) is 5.92 Å². The number of hydrogen-bond acceptors (Lipinski definition) is 8. The Morgan fingerprint density at radius 2 is 1.64 bits per heavy atom. The summed E-state index contributed by atoms with van der Waals surface area (Å²) in [7, 11) is 0. The molecule has 2 aromatic carbocycles. The second-order valence-electron chi connectivity index (χ2n) is 9.89. The Balaban J connectivity index is 1.58. The molecule has 208 valence electrons. The van der Waals surface area contributed by atoms with Crippen LogP contribution in [0.15, 0.2) is 60.8 Å². The number of aromatic nitrogens is 2. The predicted octanol–water partition coefficient (Wildman–Crippen LogP) is 2.80. The van der Waals surface area contributed by atoms with E-state index in [0.717, 1.165) is 5.56 Å². The van der Waals surface area contributed by atoms with Gasteiger partial charge in [0, 0.05) is 12.8 Å². The molecule has 0 unspecified atom stereocenters. The molecule has 0 bridgehead atoms. The molecule has 1 aliphatic rings. The van der Waals surface area contributed by atoms with E-state index in [1.807, 2.05) is 6.07 Å². The maximum Gasteiger partial charge on any atom is 0.271 e. The summed E-state index contributed by atoms with van der Waals surface area (Å²) >= 11 is 0. The Bertz CT molecular complexity index is 1290. The van der Waals surface area contributed by atoms with Crippen molar-refractivity contribution in [1.82, 2.24) is 20.8 Å². The smallest absolute Gasteiger partial charge is 0.271 e. The molecular formula is C27H30F2N4O6. The summed E-state index contributed by atoms with van der Waals surface area (Å²) < 4.78 is 27.6. The van der Waals surface area contributed by atoms with E-state index in [2.05, 4.69) is 20.3 Å². The van der Waals surface area contributed by atoms with Gasteiger partial charge in [-0.1, -0.05) is 42.5 Å². The van der Waals surface area contributed by atoms with Crippen LogP contribution in [0.3, 0.4) is 0 Å². The molecule has 1 aliphatic carbocycles. The fourth-order valence-corrected chi connectivity index (χ4v) is 4.95. The fraction of sp³-hybridized carbons (Fsp3) is 0.407. The van der Waals surface area contributed by atoms with E-state index < -0.39 is 73.5 Å². The van der Waals surface area contributed by atoms with Crippen molar-refractivity contribution in [2.24, 2.45) is 5.92 Å². The lowest BCUT2D eigenvalue weighted by Crippen LogP contribution is -2.54. The molecule has 12 heteroatoms. The van der Waals surface area contributed by atoms with Crippen LogP contribution in [0.4, 0.5) is 8.78 Å². The first-order chi connectivity index (χ1) is 18.6. The molecule has 4 rings (SSSR count). The molecule has 3 atom stereocenters. The van der Waals surface area contributed by atoms with E-state index >= 15 is 0 Å². The maximum absolute atomic E-state index is 13.8. The average molecular weight is 545 g/mol. The monoisotopic (exact) mass is 544 g/mol. The zero-order valence-corrected chi connectivity index (χ0v) is 21.0. The van der Waals surface area contributed by atoms with Crippen molar-refractivity contribution in [3.63, 3.8) is 0 Å². The lowest BCUT2D eigenvalue weighted by molar-refractivity contribution is -0.288. The van der Waals surface area contributed by atoms with Crippen molar-refractivity contribution in [1.29, 1.82) is 0 Å². The van der Waals surface area contributed by atoms with Crippen LogP contribution in [0.2, 0.25) is 0 Å². The van der Waals surface area contributed by atoms with E-state index in [4.69, 9.17) is 5.26 Å². The summed E-state index contributed by atoms with van der Waals surface area (Å²) in [5, 5.41) is 34.0. The number of aliphatic hydroxyl groups excluding tert-OH is 1. The van der Waals surface area contributed by atoms with Crippen molar-refractivity contribution in [2.75, 3.05) is 0 Å². The van der Waals surface area contributed by atoms with Gasteiger partial charge in [-0.3, -0.25) is 14.6 Å². The number of carbonyl (C=O) groups is 2. The number of carbonyl (C=O) groups excluding carboxylic acids is 2. The van der Waals surface area contributed by atoms with Crippen LogP contribution < -0.4 is 10.8 Å². The number of amides is 2. The molecular weight excluding hydrogens is 514 g/mol. The van der Waals surface area contributed by atoms with Crippen LogP contribution in [-0.2, 0) is 16.2 Å². The number of nitrogens with one attached hydrogen (secondary N) is 2. The number of hydroxylamine groups is 1. The van der Waals surface area contributed by atoms with Gasteiger partial charge in [-0.05, 0) is 43.4 Å². The first kappa shape index (κ1) is 28.4. The van der Waals surface area contributed by atoms with E-state index in [1.165, 1.54) is 6.20 Å². The highest BCUT2D eigenvalue weighted by atomic mass is 19.3. The summed E-state index contributed by atoms with van der Waals surface area (Å²) in [6, 6.07) is 15.0. The number of nitrogens with zero attached hydrogens (tertiary/aromatic N) is 2. The highest BCUT2D eigenvalue weighted by Crippen LogP contribution is 2.43. The summed E-state index contributed by atoms with van der Waals surface area (Å²) in [4.78, 5) is 38.2. The topological polar surface area (TPSA) is 154 Å². The largest absolute Gasteiger partial charge is 0.391 e. The third-order valence-corrected chi connectivity index (χ3v) is 7.20. The maximum atomic E-state index is 13.8. The Kier molecular flexibility index (Phi) is 8.80. The third kappa shape index (κ3) is 7.09. The van der Waals surface area contributed by atoms with Gasteiger partial charge >= 0.3 is 0 Å². The Labute approximate surface area is 222 Å². The van der Waals surface area contributed by atoms with Gasteiger partial charge in [-0.15, -0.1) is 4.99 Å². The highest BCUT2D eigenvalue weighted by molar-refractivity contribution is 5.94. The Morgan fingerprint density at radius 3 is 2.31 bits per heavy atom. The van der Waals surface area contributed by atoms with Gasteiger partial charge in [0.15, 0.2) is 0 Å². The second-order valence-corrected chi connectivity index (χ2v) is 9.89. The van der Waals surface area contributed by atoms with Crippen LogP contribution in [0.5, 0.6) is 0 Å². The molecule has 1 saturated carbocycles. The Hall–Kier alpha value is -3.58. The molecule has 0 spiro atoms.